The summed E-state index contributed by atoms with van der Waals surface area (Å²) in [6, 6.07) is 0. The number of halogens is 3. The maximum Gasteiger partial charge on any atom is 0.401 e. The molecule has 0 aliphatic carbocycles. The Balaban J connectivity index is 2.23. The lowest BCUT2D eigenvalue weighted by atomic mass is 9.97. The van der Waals surface area contributed by atoms with Crippen molar-refractivity contribution in [1.29, 1.82) is 0 Å². The molecule has 0 unspecified atom stereocenters. The minimum Gasteiger partial charge on any atom is -0.306 e. The van der Waals surface area contributed by atoms with Gasteiger partial charge in [0.15, 0.2) is 0 Å². The number of hydrogen-bond acceptors (Lipinski definition) is 2. The largest absolute Gasteiger partial charge is 0.401 e. The van der Waals surface area contributed by atoms with Crippen LogP contribution in [0.5, 0.6) is 0 Å². The van der Waals surface area contributed by atoms with Crippen molar-refractivity contribution < 1.29 is 13.2 Å². The first kappa shape index (κ1) is 12.8. The zero-order chi connectivity index (χ0) is 11.5. The van der Waals surface area contributed by atoms with E-state index in [1.807, 2.05) is 0 Å². The van der Waals surface area contributed by atoms with Crippen LogP contribution < -0.4 is 0 Å². The quantitative estimate of drug-likeness (QED) is 0.721. The molecule has 0 spiro atoms. The molecule has 1 aliphatic rings. The lowest BCUT2D eigenvalue weighted by Gasteiger charge is -2.31. The zero-order valence-electron chi connectivity index (χ0n) is 9.35. The molecular weight excluding hydrogens is 205 g/mol. The molecule has 0 atom stereocenters. The predicted molar refractivity (Wildman–Crippen MR) is 53.8 cm³/mol. The molecule has 0 bridgehead atoms. The second-order valence-electron chi connectivity index (χ2n) is 4.56. The Morgan fingerprint density at radius 3 is 2.27 bits per heavy atom. The van der Waals surface area contributed by atoms with Crippen molar-refractivity contribution in [2.75, 3.05) is 40.3 Å². The van der Waals surface area contributed by atoms with Crippen LogP contribution in [0, 0.1) is 5.92 Å². The van der Waals surface area contributed by atoms with Crippen molar-refractivity contribution in [3.8, 4) is 0 Å². The van der Waals surface area contributed by atoms with Gasteiger partial charge in [0.05, 0.1) is 6.54 Å². The molecule has 1 heterocycles. The van der Waals surface area contributed by atoms with E-state index in [1.165, 1.54) is 4.90 Å². The highest BCUT2D eigenvalue weighted by Gasteiger charge is 2.30. The van der Waals surface area contributed by atoms with Gasteiger partial charge < -0.3 is 4.90 Å². The Bertz CT molecular complexity index is 186. The number of hydrogen-bond donors (Lipinski definition) is 0. The van der Waals surface area contributed by atoms with E-state index < -0.39 is 12.7 Å². The lowest BCUT2D eigenvalue weighted by Crippen LogP contribution is -2.38. The summed E-state index contributed by atoms with van der Waals surface area (Å²) >= 11 is 0. The number of piperidine rings is 1. The average molecular weight is 224 g/mol. The van der Waals surface area contributed by atoms with Gasteiger partial charge >= 0.3 is 6.18 Å². The number of likely N-dealkylation sites (tertiary alicyclic amines) is 1. The standard InChI is InChI=1S/C10H19F3N2/c1-14-5-3-9(4-6-14)7-15(2)8-10(11,12)13/h9H,3-8H2,1-2H3. The Hall–Kier alpha value is -0.290. The molecule has 0 saturated carbocycles. The van der Waals surface area contributed by atoms with Gasteiger partial charge in [-0.15, -0.1) is 0 Å². The second-order valence-corrected chi connectivity index (χ2v) is 4.56. The van der Waals surface area contributed by atoms with E-state index in [4.69, 9.17) is 0 Å². The van der Waals surface area contributed by atoms with Gasteiger partial charge in [-0.05, 0) is 45.9 Å². The second kappa shape index (κ2) is 5.16. The fourth-order valence-corrected chi connectivity index (χ4v) is 2.06. The molecule has 2 nitrogen and oxygen atoms in total. The van der Waals surface area contributed by atoms with Crippen LogP contribution in [-0.2, 0) is 0 Å². The minimum atomic E-state index is -4.07. The molecular formula is C10H19F3N2. The molecule has 0 aromatic carbocycles. The zero-order valence-corrected chi connectivity index (χ0v) is 9.35. The molecule has 1 aliphatic heterocycles. The molecule has 1 rings (SSSR count). The number of nitrogens with zero attached hydrogens (tertiary/aromatic N) is 2. The van der Waals surface area contributed by atoms with Crippen LogP contribution in [0.3, 0.4) is 0 Å². The van der Waals surface area contributed by atoms with Crippen LogP contribution in [0.4, 0.5) is 13.2 Å². The van der Waals surface area contributed by atoms with E-state index >= 15 is 0 Å². The van der Waals surface area contributed by atoms with Crippen LogP contribution in [0.25, 0.3) is 0 Å². The molecule has 90 valence electrons. The smallest absolute Gasteiger partial charge is 0.306 e. The number of alkyl halides is 3. The van der Waals surface area contributed by atoms with Crippen molar-refractivity contribution in [3.63, 3.8) is 0 Å². The maximum absolute atomic E-state index is 12.1. The highest BCUT2D eigenvalue weighted by molar-refractivity contribution is 4.73. The van der Waals surface area contributed by atoms with Crippen molar-refractivity contribution in [2.24, 2.45) is 5.92 Å². The maximum atomic E-state index is 12.1. The average Bonchev–Trinajstić information content (AvgIpc) is 2.05. The van der Waals surface area contributed by atoms with Crippen LogP contribution in [0.1, 0.15) is 12.8 Å². The Morgan fingerprint density at radius 1 is 1.27 bits per heavy atom. The summed E-state index contributed by atoms with van der Waals surface area (Å²) in [7, 11) is 3.60. The summed E-state index contributed by atoms with van der Waals surface area (Å²) in [6.45, 7) is 1.78. The Kier molecular flexibility index (Phi) is 4.40. The minimum absolute atomic E-state index is 0.425. The lowest BCUT2D eigenvalue weighted by molar-refractivity contribution is -0.144. The molecule has 0 aromatic heterocycles. The molecule has 0 aromatic rings. The summed E-state index contributed by atoms with van der Waals surface area (Å²) in [6.07, 6.45) is -2.04. The first-order valence-corrected chi connectivity index (χ1v) is 5.30. The van der Waals surface area contributed by atoms with Crippen molar-refractivity contribution in [2.45, 2.75) is 19.0 Å². The van der Waals surface area contributed by atoms with E-state index in [2.05, 4.69) is 11.9 Å². The summed E-state index contributed by atoms with van der Waals surface area (Å²) in [4.78, 5) is 3.61. The van der Waals surface area contributed by atoms with E-state index in [1.54, 1.807) is 7.05 Å². The number of rotatable bonds is 3. The topological polar surface area (TPSA) is 6.48 Å². The summed E-state index contributed by atoms with van der Waals surface area (Å²) in [5.41, 5.74) is 0. The Labute approximate surface area is 89.0 Å². The fraction of sp³-hybridized carbons (Fsp3) is 1.00. The van der Waals surface area contributed by atoms with E-state index in [0.29, 0.717) is 12.5 Å². The summed E-state index contributed by atoms with van der Waals surface area (Å²) < 4.78 is 36.2. The normalized spacial score (nSPS) is 21.2. The molecule has 5 heteroatoms. The first-order valence-electron chi connectivity index (χ1n) is 5.30. The molecule has 0 amide bonds. The van der Waals surface area contributed by atoms with Crippen molar-refractivity contribution >= 4 is 0 Å². The fourth-order valence-electron chi connectivity index (χ4n) is 2.06. The highest BCUT2D eigenvalue weighted by atomic mass is 19.4. The van der Waals surface area contributed by atoms with Crippen LogP contribution >= 0.6 is 0 Å². The van der Waals surface area contributed by atoms with Gasteiger partial charge in [-0.1, -0.05) is 0 Å². The van der Waals surface area contributed by atoms with Gasteiger partial charge in [-0.25, -0.2) is 0 Å². The third-order valence-corrected chi connectivity index (χ3v) is 2.86. The van der Waals surface area contributed by atoms with Crippen molar-refractivity contribution in [3.05, 3.63) is 0 Å². The molecule has 0 radical (unpaired) electrons. The molecule has 1 fully saturated rings. The van der Waals surface area contributed by atoms with E-state index in [0.717, 1.165) is 25.9 Å². The van der Waals surface area contributed by atoms with Gasteiger partial charge in [0.1, 0.15) is 0 Å². The molecule has 15 heavy (non-hydrogen) atoms. The first-order chi connectivity index (χ1) is 6.87. The van der Waals surface area contributed by atoms with E-state index in [9.17, 15) is 13.2 Å². The van der Waals surface area contributed by atoms with E-state index in [-0.39, 0.29) is 0 Å². The third-order valence-electron chi connectivity index (χ3n) is 2.86. The highest BCUT2D eigenvalue weighted by Crippen LogP contribution is 2.20. The molecule has 0 N–H and O–H groups in total. The Morgan fingerprint density at radius 2 is 1.80 bits per heavy atom. The predicted octanol–water partition coefficient (Wildman–Crippen LogP) is 1.82. The monoisotopic (exact) mass is 224 g/mol. The molecule has 1 saturated heterocycles. The summed E-state index contributed by atoms with van der Waals surface area (Å²) in [5, 5.41) is 0. The summed E-state index contributed by atoms with van der Waals surface area (Å²) in [5.74, 6) is 0.425. The van der Waals surface area contributed by atoms with Crippen LogP contribution in [0.15, 0.2) is 0 Å². The van der Waals surface area contributed by atoms with Gasteiger partial charge in [0, 0.05) is 6.54 Å². The van der Waals surface area contributed by atoms with Crippen molar-refractivity contribution in [1.82, 2.24) is 9.80 Å². The third kappa shape index (κ3) is 5.37. The van der Waals surface area contributed by atoms with Gasteiger partial charge in [0.2, 0.25) is 0 Å². The van der Waals surface area contributed by atoms with Gasteiger partial charge in [-0.2, -0.15) is 13.2 Å². The van der Waals surface area contributed by atoms with Gasteiger partial charge in [-0.3, -0.25) is 4.90 Å². The van der Waals surface area contributed by atoms with Gasteiger partial charge in [0.25, 0.3) is 0 Å². The van der Waals surface area contributed by atoms with Crippen LogP contribution in [0.2, 0.25) is 0 Å². The van der Waals surface area contributed by atoms with Crippen LogP contribution in [-0.4, -0.2) is 56.3 Å². The SMILES string of the molecule is CN1CCC(CN(C)CC(F)(F)F)CC1.